The molecule has 2 amide bonds. The highest BCUT2D eigenvalue weighted by Crippen LogP contribution is 2.36. The largest absolute Gasteiger partial charge is 0.495 e. The highest BCUT2D eigenvalue weighted by atomic mass is 16.7. The van der Waals surface area contributed by atoms with Gasteiger partial charge in [-0.15, -0.1) is 0 Å². The van der Waals surface area contributed by atoms with Crippen LogP contribution in [0.15, 0.2) is 42.5 Å². The zero-order chi connectivity index (χ0) is 32.5. The van der Waals surface area contributed by atoms with E-state index in [4.69, 9.17) is 23.5 Å². The van der Waals surface area contributed by atoms with Crippen LogP contribution in [0.4, 0.5) is 4.79 Å². The molecule has 1 aliphatic heterocycles. The molecule has 2 aromatic rings. The maximum Gasteiger partial charge on any atom is 0.495 e. The van der Waals surface area contributed by atoms with E-state index >= 15 is 0 Å². The first-order chi connectivity index (χ1) is 20.6. The molecule has 1 fully saturated rings. The number of alkyl carbamates (subject to hydrolysis) is 1. The van der Waals surface area contributed by atoms with E-state index in [0.717, 1.165) is 31.2 Å². The summed E-state index contributed by atoms with van der Waals surface area (Å²) in [6.07, 6.45) is 3.14. The maximum atomic E-state index is 12.7. The van der Waals surface area contributed by atoms with Crippen molar-refractivity contribution in [1.29, 1.82) is 0 Å². The Hall–Kier alpha value is -3.57. The molecule has 0 bridgehead atoms. The standard InChI is InChI=1S/C33H47BN2O8/c1-31(2,3)42-30(39)36-19-12-10-9-11-18-35-28(37)24-14-13-15-25(21-24)41-22-23-16-17-26(29(38)40-8)27(20-23)34-43-32(4,5)33(6,7)44-34/h13-17,20-21H,9-12,18-19,22H2,1-8H3,(H,35,37)(H,36,39). The monoisotopic (exact) mass is 610 g/mol. The molecule has 0 radical (unpaired) electrons. The lowest BCUT2D eigenvalue weighted by Gasteiger charge is -2.32. The lowest BCUT2D eigenvalue weighted by atomic mass is 9.75. The first kappa shape index (κ1) is 34.9. The maximum absolute atomic E-state index is 12.7. The van der Waals surface area contributed by atoms with Crippen molar-refractivity contribution in [3.05, 3.63) is 59.2 Å². The smallest absolute Gasteiger partial charge is 0.489 e. The fraction of sp³-hybridized carbons (Fsp3) is 0.545. The Morgan fingerprint density at radius 3 is 2.11 bits per heavy atom. The third kappa shape index (κ3) is 9.99. The molecule has 10 nitrogen and oxygen atoms in total. The van der Waals surface area contributed by atoms with E-state index in [2.05, 4.69) is 10.6 Å². The average Bonchev–Trinajstić information content (AvgIpc) is 3.17. The van der Waals surface area contributed by atoms with Crippen LogP contribution in [0.25, 0.3) is 0 Å². The molecule has 2 aromatic carbocycles. The topological polar surface area (TPSA) is 121 Å². The van der Waals surface area contributed by atoms with Crippen LogP contribution in [-0.2, 0) is 25.4 Å². The van der Waals surface area contributed by atoms with Gasteiger partial charge in [0, 0.05) is 18.7 Å². The minimum absolute atomic E-state index is 0.174. The summed E-state index contributed by atoms with van der Waals surface area (Å²) >= 11 is 0. The number of carbonyl (C=O) groups excluding carboxylic acids is 3. The van der Waals surface area contributed by atoms with Gasteiger partial charge >= 0.3 is 19.2 Å². The summed E-state index contributed by atoms with van der Waals surface area (Å²) in [4.78, 5) is 36.9. The molecule has 0 unspecified atom stereocenters. The van der Waals surface area contributed by atoms with Crippen LogP contribution in [0.3, 0.4) is 0 Å². The van der Waals surface area contributed by atoms with E-state index in [1.165, 1.54) is 7.11 Å². The van der Waals surface area contributed by atoms with Gasteiger partial charge in [0.15, 0.2) is 0 Å². The zero-order valence-corrected chi connectivity index (χ0v) is 27.3. The van der Waals surface area contributed by atoms with Gasteiger partial charge in [-0.2, -0.15) is 0 Å². The fourth-order valence-corrected chi connectivity index (χ4v) is 4.47. The van der Waals surface area contributed by atoms with Crippen molar-refractivity contribution < 1.29 is 37.9 Å². The number of amides is 2. The number of hydrogen-bond donors (Lipinski definition) is 2. The van der Waals surface area contributed by atoms with Crippen molar-refractivity contribution >= 4 is 30.6 Å². The Morgan fingerprint density at radius 2 is 1.50 bits per heavy atom. The van der Waals surface area contributed by atoms with Crippen LogP contribution in [0.2, 0.25) is 0 Å². The second-order valence-electron chi connectivity index (χ2n) is 12.9. The molecule has 1 aliphatic rings. The number of methoxy groups -OCH3 is 1. The first-order valence-corrected chi connectivity index (χ1v) is 15.2. The summed E-state index contributed by atoms with van der Waals surface area (Å²) in [6, 6.07) is 12.3. The summed E-state index contributed by atoms with van der Waals surface area (Å²) in [6.45, 7) is 14.6. The van der Waals surface area contributed by atoms with Crippen LogP contribution in [0, 0.1) is 0 Å². The Bertz CT molecular complexity index is 1290. The van der Waals surface area contributed by atoms with Crippen molar-refractivity contribution in [2.24, 2.45) is 0 Å². The molecule has 2 N–H and O–H groups in total. The fourth-order valence-electron chi connectivity index (χ4n) is 4.47. The lowest BCUT2D eigenvalue weighted by Crippen LogP contribution is -2.41. The van der Waals surface area contributed by atoms with Gasteiger partial charge in [-0.05, 0) is 96.6 Å². The number of benzene rings is 2. The predicted molar refractivity (Wildman–Crippen MR) is 169 cm³/mol. The van der Waals surface area contributed by atoms with E-state index in [0.29, 0.717) is 35.4 Å². The normalized spacial score (nSPS) is 15.4. The molecule has 0 aromatic heterocycles. The average molecular weight is 611 g/mol. The highest BCUT2D eigenvalue weighted by molar-refractivity contribution is 6.63. The van der Waals surface area contributed by atoms with Crippen molar-refractivity contribution in [3.63, 3.8) is 0 Å². The van der Waals surface area contributed by atoms with Crippen molar-refractivity contribution in [2.75, 3.05) is 20.2 Å². The molecule has 0 aliphatic carbocycles. The molecule has 3 rings (SSSR count). The molecule has 0 spiro atoms. The Labute approximate surface area is 261 Å². The van der Waals surface area contributed by atoms with Crippen molar-refractivity contribution in [2.45, 2.75) is 97.6 Å². The van der Waals surface area contributed by atoms with Gasteiger partial charge in [-0.1, -0.05) is 31.0 Å². The molecule has 240 valence electrons. The van der Waals surface area contributed by atoms with Crippen LogP contribution in [0.1, 0.15) is 100 Å². The molecule has 1 saturated heterocycles. The van der Waals surface area contributed by atoms with E-state index < -0.39 is 36.0 Å². The number of esters is 1. The van der Waals surface area contributed by atoms with E-state index in [-0.39, 0.29) is 12.5 Å². The van der Waals surface area contributed by atoms with Gasteiger partial charge in [-0.25, -0.2) is 9.59 Å². The van der Waals surface area contributed by atoms with Gasteiger partial charge in [0.05, 0.1) is 23.9 Å². The van der Waals surface area contributed by atoms with Crippen LogP contribution in [0.5, 0.6) is 5.75 Å². The summed E-state index contributed by atoms with van der Waals surface area (Å²) in [5, 5.41) is 5.71. The van der Waals surface area contributed by atoms with Crippen molar-refractivity contribution in [1.82, 2.24) is 10.6 Å². The summed E-state index contributed by atoms with van der Waals surface area (Å²) < 4.78 is 28.6. The summed E-state index contributed by atoms with van der Waals surface area (Å²) in [5.41, 5.74) is 0.600. The van der Waals surface area contributed by atoms with Gasteiger partial charge in [0.25, 0.3) is 5.91 Å². The molecule has 0 saturated carbocycles. The van der Waals surface area contributed by atoms with Crippen LogP contribution < -0.4 is 20.8 Å². The number of unbranched alkanes of at least 4 members (excludes halogenated alkanes) is 3. The molecule has 11 heteroatoms. The Kier molecular flexibility index (Phi) is 11.9. The summed E-state index contributed by atoms with van der Waals surface area (Å²) in [5.74, 6) is -0.104. The van der Waals surface area contributed by atoms with Gasteiger partial charge < -0.3 is 34.2 Å². The molecule has 44 heavy (non-hydrogen) atoms. The lowest BCUT2D eigenvalue weighted by molar-refractivity contribution is 0.00578. The van der Waals surface area contributed by atoms with E-state index in [1.807, 2.05) is 54.5 Å². The van der Waals surface area contributed by atoms with Gasteiger partial charge in [0.2, 0.25) is 0 Å². The number of rotatable bonds is 13. The molecule has 0 atom stereocenters. The SMILES string of the molecule is COC(=O)c1ccc(COc2cccc(C(=O)NCCCCCCNC(=O)OC(C)(C)C)c2)cc1B1OC(C)(C)C(C)(C)O1. The first-order valence-electron chi connectivity index (χ1n) is 15.2. The van der Waals surface area contributed by atoms with Crippen LogP contribution in [-0.4, -0.2) is 62.1 Å². The zero-order valence-electron chi connectivity index (χ0n) is 27.3. The number of nitrogens with one attached hydrogen (secondary N) is 2. The van der Waals surface area contributed by atoms with E-state index in [9.17, 15) is 14.4 Å². The molecular weight excluding hydrogens is 563 g/mol. The summed E-state index contributed by atoms with van der Waals surface area (Å²) in [7, 11) is 0.598. The number of hydrogen-bond acceptors (Lipinski definition) is 8. The number of ether oxygens (including phenoxy) is 3. The minimum Gasteiger partial charge on any atom is -0.489 e. The minimum atomic E-state index is -0.741. The van der Waals surface area contributed by atoms with Gasteiger partial charge in [0.1, 0.15) is 18.0 Å². The molecule has 1 heterocycles. The second kappa shape index (κ2) is 14.9. The van der Waals surface area contributed by atoms with Crippen LogP contribution >= 0.6 is 0 Å². The predicted octanol–water partition coefficient (Wildman–Crippen LogP) is 5.17. The Morgan fingerprint density at radius 1 is 0.864 bits per heavy atom. The van der Waals surface area contributed by atoms with Gasteiger partial charge in [-0.3, -0.25) is 4.79 Å². The second-order valence-corrected chi connectivity index (χ2v) is 12.9. The van der Waals surface area contributed by atoms with E-state index in [1.54, 1.807) is 36.4 Å². The molecular formula is C33H47BN2O8. The third-order valence-corrected chi connectivity index (χ3v) is 7.59. The Balaban J connectivity index is 1.49. The third-order valence-electron chi connectivity index (χ3n) is 7.59. The quantitative estimate of drug-likeness (QED) is 0.181. The number of carbonyl (C=O) groups is 3. The van der Waals surface area contributed by atoms with Crippen molar-refractivity contribution in [3.8, 4) is 5.75 Å². The highest BCUT2D eigenvalue weighted by Gasteiger charge is 2.52.